The van der Waals surface area contributed by atoms with Gasteiger partial charge in [0.1, 0.15) is 13.2 Å². The van der Waals surface area contributed by atoms with Crippen LogP contribution in [0.25, 0.3) is 0 Å². The lowest BCUT2D eigenvalue weighted by Gasteiger charge is -2.27. The number of thioether (sulfide) groups is 1. The third kappa shape index (κ3) is 3.29. The first-order valence-electron chi connectivity index (χ1n) is 8.83. The zero-order chi connectivity index (χ0) is 16.4. The Balaban J connectivity index is 1.43. The summed E-state index contributed by atoms with van der Waals surface area (Å²) in [6.45, 7) is 2.81. The molecule has 3 heterocycles. The number of nitrogens with one attached hydrogen (secondary N) is 1. The summed E-state index contributed by atoms with van der Waals surface area (Å²) in [5, 5.41) is 3.15. The van der Waals surface area contributed by atoms with Gasteiger partial charge in [-0.15, -0.1) is 0 Å². The highest BCUT2D eigenvalue weighted by Gasteiger charge is 2.31. The number of fused-ring (bicyclic) bond motifs is 1. The highest BCUT2D eigenvalue weighted by Crippen LogP contribution is 2.38. The number of hydrogen-bond donors (Lipinski definition) is 1. The molecular weight excluding hydrogens is 324 g/mol. The largest absolute Gasteiger partial charge is 0.486 e. The van der Waals surface area contributed by atoms with Crippen LogP contribution in [0.4, 0.5) is 4.79 Å². The average molecular weight is 348 g/mol. The Morgan fingerprint density at radius 1 is 1.25 bits per heavy atom. The number of nitrogens with zero attached hydrogens (tertiary/aromatic N) is 1. The van der Waals surface area contributed by atoms with Crippen molar-refractivity contribution < 1.29 is 14.3 Å². The predicted molar refractivity (Wildman–Crippen MR) is 94.9 cm³/mol. The van der Waals surface area contributed by atoms with Gasteiger partial charge in [0.15, 0.2) is 11.5 Å². The van der Waals surface area contributed by atoms with Crippen molar-refractivity contribution >= 4 is 17.8 Å². The second kappa shape index (κ2) is 7.13. The van der Waals surface area contributed by atoms with Gasteiger partial charge in [0, 0.05) is 13.1 Å². The van der Waals surface area contributed by atoms with E-state index < -0.39 is 0 Å². The lowest BCUT2D eigenvalue weighted by atomic mass is 10.0. The molecule has 6 heteroatoms. The Hall–Kier alpha value is -1.56. The number of carbonyl (C=O) groups is 1. The topological polar surface area (TPSA) is 50.8 Å². The van der Waals surface area contributed by atoms with E-state index in [4.69, 9.17) is 9.47 Å². The molecule has 3 aliphatic rings. The molecule has 2 amide bonds. The van der Waals surface area contributed by atoms with E-state index in [9.17, 15) is 4.79 Å². The lowest BCUT2D eigenvalue weighted by molar-refractivity contribution is 0.170. The summed E-state index contributed by atoms with van der Waals surface area (Å²) in [4.78, 5) is 14.6. The summed E-state index contributed by atoms with van der Waals surface area (Å²) in [6.07, 6.45) is 3.27. The van der Waals surface area contributed by atoms with Gasteiger partial charge in [-0.1, -0.05) is 6.07 Å². The van der Waals surface area contributed by atoms with Crippen molar-refractivity contribution in [3.63, 3.8) is 0 Å². The van der Waals surface area contributed by atoms with Gasteiger partial charge in [0.2, 0.25) is 0 Å². The summed E-state index contributed by atoms with van der Waals surface area (Å²) < 4.78 is 11.3. The van der Waals surface area contributed by atoms with Crippen LogP contribution in [-0.2, 0) is 0 Å². The quantitative estimate of drug-likeness (QED) is 0.912. The van der Waals surface area contributed by atoms with Crippen LogP contribution in [0, 0.1) is 5.92 Å². The Bertz CT molecular complexity index is 604. The van der Waals surface area contributed by atoms with Crippen LogP contribution in [-0.4, -0.2) is 48.7 Å². The SMILES string of the molecule is O=C(NCC1CCSC1)N1CCCC1c1ccc2c(c1)OCCO2. The van der Waals surface area contributed by atoms with Crippen molar-refractivity contribution in [3.8, 4) is 11.5 Å². The zero-order valence-corrected chi connectivity index (χ0v) is 14.6. The minimum atomic E-state index is 0.0734. The molecule has 2 saturated heterocycles. The third-order valence-electron chi connectivity index (χ3n) is 5.03. The molecule has 2 atom stereocenters. The van der Waals surface area contributed by atoms with Gasteiger partial charge >= 0.3 is 6.03 Å². The molecule has 1 N–H and O–H groups in total. The molecule has 2 fully saturated rings. The predicted octanol–water partition coefficient (Wildman–Crippen LogP) is 3.06. The maximum atomic E-state index is 12.6. The van der Waals surface area contributed by atoms with Gasteiger partial charge < -0.3 is 19.7 Å². The molecule has 5 nitrogen and oxygen atoms in total. The van der Waals surface area contributed by atoms with Gasteiger partial charge in [0.05, 0.1) is 6.04 Å². The molecule has 4 rings (SSSR count). The molecule has 130 valence electrons. The highest BCUT2D eigenvalue weighted by atomic mass is 32.2. The Morgan fingerprint density at radius 2 is 2.12 bits per heavy atom. The molecule has 1 aromatic carbocycles. The van der Waals surface area contributed by atoms with E-state index in [2.05, 4.69) is 11.4 Å². The van der Waals surface area contributed by atoms with Gasteiger partial charge in [0.25, 0.3) is 0 Å². The fraction of sp³-hybridized carbons (Fsp3) is 0.611. The number of likely N-dealkylation sites (tertiary alicyclic amines) is 1. The average Bonchev–Trinajstić information content (AvgIpc) is 3.31. The molecule has 0 aliphatic carbocycles. The highest BCUT2D eigenvalue weighted by molar-refractivity contribution is 7.99. The zero-order valence-electron chi connectivity index (χ0n) is 13.8. The summed E-state index contributed by atoms with van der Waals surface area (Å²) in [6, 6.07) is 6.28. The van der Waals surface area contributed by atoms with Crippen LogP contribution in [0.1, 0.15) is 30.9 Å². The molecular formula is C18H24N2O3S. The minimum Gasteiger partial charge on any atom is -0.486 e. The van der Waals surface area contributed by atoms with E-state index in [-0.39, 0.29) is 12.1 Å². The first-order valence-corrected chi connectivity index (χ1v) is 9.98. The molecule has 0 saturated carbocycles. The molecule has 0 bridgehead atoms. The van der Waals surface area contributed by atoms with Crippen molar-refractivity contribution in [1.29, 1.82) is 0 Å². The number of hydrogen-bond acceptors (Lipinski definition) is 4. The Morgan fingerprint density at radius 3 is 2.96 bits per heavy atom. The van der Waals surface area contributed by atoms with Crippen molar-refractivity contribution in [2.45, 2.75) is 25.3 Å². The van der Waals surface area contributed by atoms with Gasteiger partial charge in [-0.05, 0) is 54.4 Å². The summed E-state index contributed by atoms with van der Waals surface area (Å²) in [5.74, 6) is 4.64. The number of ether oxygens (including phenoxy) is 2. The number of urea groups is 1. The van der Waals surface area contributed by atoms with Crippen molar-refractivity contribution in [2.75, 3.05) is 37.8 Å². The Kier molecular flexibility index (Phi) is 4.74. The summed E-state index contributed by atoms with van der Waals surface area (Å²) in [5.41, 5.74) is 1.14. The van der Waals surface area contributed by atoms with Crippen LogP contribution in [0.5, 0.6) is 11.5 Å². The van der Waals surface area contributed by atoms with Crippen LogP contribution in [0.15, 0.2) is 18.2 Å². The van der Waals surface area contributed by atoms with E-state index in [1.54, 1.807) is 0 Å². The van der Waals surface area contributed by atoms with E-state index in [0.717, 1.165) is 43.0 Å². The fourth-order valence-corrected chi connectivity index (χ4v) is 4.99. The number of benzene rings is 1. The van der Waals surface area contributed by atoms with E-state index >= 15 is 0 Å². The van der Waals surface area contributed by atoms with E-state index in [1.165, 1.54) is 17.9 Å². The number of carbonyl (C=O) groups excluding carboxylic acids is 1. The fourth-order valence-electron chi connectivity index (χ4n) is 3.70. The van der Waals surface area contributed by atoms with E-state index in [1.807, 2.05) is 28.8 Å². The van der Waals surface area contributed by atoms with Crippen LogP contribution in [0.3, 0.4) is 0 Å². The molecule has 24 heavy (non-hydrogen) atoms. The van der Waals surface area contributed by atoms with Crippen LogP contribution >= 0.6 is 11.8 Å². The van der Waals surface area contributed by atoms with Gasteiger partial charge in [-0.3, -0.25) is 0 Å². The van der Waals surface area contributed by atoms with Crippen molar-refractivity contribution in [2.24, 2.45) is 5.92 Å². The maximum Gasteiger partial charge on any atom is 0.317 e. The second-order valence-corrected chi connectivity index (χ2v) is 7.82. The first-order chi connectivity index (χ1) is 11.8. The standard InChI is InChI=1S/C18H24N2O3S/c21-18(19-11-13-5-9-24-12-13)20-6-1-2-15(20)14-3-4-16-17(10-14)23-8-7-22-16/h3-4,10,13,15H,1-2,5-9,11-12H2,(H,19,21). The summed E-state index contributed by atoms with van der Waals surface area (Å²) >= 11 is 1.99. The molecule has 3 aliphatic heterocycles. The normalized spacial score (nSPS) is 25.8. The maximum absolute atomic E-state index is 12.6. The molecule has 0 spiro atoms. The van der Waals surface area contributed by atoms with E-state index in [0.29, 0.717) is 19.1 Å². The third-order valence-corrected chi connectivity index (χ3v) is 6.26. The smallest absolute Gasteiger partial charge is 0.317 e. The lowest BCUT2D eigenvalue weighted by Crippen LogP contribution is -2.41. The second-order valence-electron chi connectivity index (χ2n) is 6.67. The van der Waals surface area contributed by atoms with Gasteiger partial charge in [-0.2, -0.15) is 11.8 Å². The monoisotopic (exact) mass is 348 g/mol. The molecule has 2 unspecified atom stereocenters. The molecule has 1 aromatic rings. The van der Waals surface area contributed by atoms with Crippen molar-refractivity contribution in [3.05, 3.63) is 23.8 Å². The Labute approximate surface area is 147 Å². The summed E-state index contributed by atoms with van der Waals surface area (Å²) in [7, 11) is 0. The number of rotatable bonds is 3. The van der Waals surface area contributed by atoms with Crippen LogP contribution < -0.4 is 14.8 Å². The van der Waals surface area contributed by atoms with Gasteiger partial charge in [-0.25, -0.2) is 4.79 Å². The first kappa shape index (κ1) is 15.9. The number of amides is 2. The molecule has 0 aromatic heterocycles. The molecule has 0 radical (unpaired) electrons. The minimum absolute atomic E-state index is 0.0734. The van der Waals surface area contributed by atoms with Crippen molar-refractivity contribution in [1.82, 2.24) is 10.2 Å². The van der Waals surface area contributed by atoms with Crippen LogP contribution in [0.2, 0.25) is 0 Å².